The molecule has 0 radical (unpaired) electrons. The topological polar surface area (TPSA) is 72.2 Å². The third-order valence-electron chi connectivity index (χ3n) is 4.22. The summed E-state index contributed by atoms with van der Waals surface area (Å²) in [6.07, 6.45) is 1.64. The molecule has 1 N–H and O–H groups in total. The van der Waals surface area contributed by atoms with Crippen LogP contribution >= 0.6 is 34.7 Å². The van der Waals surface area contributed by atoms with E-state index in [1.54, 1.807) is 17.6 Å². The number of amides is 1. The Kier molecular flexibility index (Phi) is 6.81. The summed E-state index contributed by atoms with van der Waals surface area (Å²) in [5.41, 5.74) is 4.35. The zero-order chi connectivity index (χ0) is 21.6. The average Bonchev–Trinajstić information content (AvgIpc) is 3.39. The molecule has 9 heteroatoms. The van der Waals surface area contributed by atoms with E-state index in [-0.39, 0.29) is 11.7 Å². The summed E-state index contributed by atoms with van der Waals surface area (Å²) in [6.45, 7) is 2.03. The van der Waals surface area contributed by atoms with Crippen LogP contribution in [-0.2, 0) is 4.79 Å². The lowest BCUT2D eigenvalue weighted by Crippen LogP contribution is -2.19. The van der Waals surface area contributed by atoms with Crippen molar-refractivity contribution in [2.24, 2.45) is 5.10 Å². The maximum atomic E-state index is 12.3. The van der Waals surface area contributed by atoms with Gasteiger partial charge in [0.2, 0.25) is 0 Å². The number of thioether (sulfide) groups is 1. The van der Waals surface area contributed by atoms with E-state index in [1.165, 1.54) is 16.6 Å². The number of hydrogen-bond donors (Lipinski definition) is 1. The molecule has 2 aromatic heterocycles. The molecule has 0 atom stereocenters. The second kappa shape index (κ2) is 9.91. The fraction of sp³-hybridized carbons (Fsp3) is 0.0909. The number of hydrogen-bond acceptors (Lipinski definition) is 6. The lowest BCUT2D eigenvalue weighted by molar-refractivity contribution is -0.118. The van der Waals surface area contributed by atoms with Gasteiger partial charge in [-0.3, -0.25) is 9.36 Å². The second-order valence-corrected chi connectivity index (χ2v) is 9.21. The quantitative estimate of drug-likeness (QED) is 0.230. The molecule has 1 amide bonds. The normalized spacial score (nSPS) is 11.2. The molecule has 0 spiro atoms. The first kappa shape index (κ1) is 21.3. The third-order valence-corrected chi connectivity index (χ3v) is 6.34. The lowest BCUT2D eigenvalue weighted by atomic mass is 10.2. The molecule has 4 aromatic rings. The van der Waals surface area contributed by atoms with Crippen molar-refractivity contribution in [3.8, 4) is 17.1 Å². The number of nitrogens with zero attached hydrogens (tertiary/aromatic N) is 4. The molecule has 31 heavy (non-hydrogen) atoms. The number of hydrazone groups is 1. The van der Waals surface area contributed by atoms with Crippen molar-refractivity contribution in [3.05, 3.63) is 81.5 Å². The van der Waals surface area contributed by atoms with Crippen molar-refractivity contribution in [3.63, 3.8) is 0 Å². The van der Waals surface area contributed by atoms with E-state index >= 15 is 0 Å². The molecule has 156 valence electrons. The van der Waals surface area contributed by atoms with E-state index in [1.807, 2.05) is 78.2 Å². The molecule has 4 rings (SSSR count). The molecule has 6 nitrogen and oxygen atoms in total. The smallest absolute Gasteiger partial charge is 0.250 e. The maximum Gasteiger partial charge on any atom is 0.250 e. The summed E-state index contributed by atoms with van der Waals surface area (Å²) in [4.78, 5) is 14.4. The van der Waals surface area contributed by atoms with Gasteiger partial charge in [0, 0.05) is 26.0 Å². The van der Waals surface area contributed by atoms with Gasteiger partial charge >= 0.3 is 0 Å². The van der Waals surface area contributed by atoms with Crippen LogP contribution in [0.3, 0.4) is 0 Å². The highest BCUT2D eigenvalue weighted by Gasteiger charge is 2.17. The van der Waals surface area contributed by atoms with Crippen molar-refractivity contribution >= 4 is 46.8 Å². The maximum absolute atomic E-state index is 12.3. The Morgan fingerprint density at radius 3 is 2.61 bits per heavy atom. The molecule has 0 aliphatic heterocycles. The predicted molar refractivity (Wildman–Crippen MR) is 127 cm³/mol. The van der Waals surface area contributed by atoms with Gasteiger partial charge in [0.05, 0.1) is 12.0 Å². The number of thiophene rings is 1. The summed E-state index contributed by atoms with van der Waals surface area (Å²) < 4.78 is 1.92. The van der Waals surface area contributed by atoms with E-state index in [0.717, 1.165) is 16.1 Å². The minimum Gasteiger partial charge on any atom is -0.272 e. The van der Waals surface area contributed by atoms with Gasteiger partial charge in [-0.2, -0.15) is 5.10 Å². The zero-order valence-corrected chi connectivity index (χ0v) is 18.9. The van der Waals surface area contributed by atoms with Crippen LogP contribution in [0.25, 0.3) is 17.1 Å². The number of nitrogens with one attached hydrogen (secondary N) is 1. The molecule has 0 saturated heterocycles. The largest absolute Gasteiger partial charge is 0.272 e. The summed E-state index contributed by atoms with van der Waals surface area (Å²) >= 11 is 8.96. The number of carbonyl (C=O) groups excluding carboxylic acids is 1. The van der Waals surface area contributed by atoms with Gasteiger partial charge in [-0.05, 0) is 43.3 Å². The number of carbonyl (C=O) groups is 1. The highest BCUT2D eigenvalue weighted by atomic mass is 35.5. The highest BCUT2D eigenvalue weighted by molar-refractivity contribution is 7.99. The van der Waals surface area contributed by atoms with Gasteiger partial charge in [0.15, 0.2) is 11.0 Å². The average molecular weight is 468 g/mol. The Morgan fingerprint density at radius 1 is 1.13 bits per heavy atom. The number of benzene rings is 2. The molecule has 0 aliphatic carbocycles. The Morgan fingerprint density at radius 2 is 1.90 bits per heavy atom. The molecule has 0 fully saturated rings. The van der Waals surface area contributed by atoms with Crippen LogP contribution in [0.4, 0.5) is 0 Å². The predicted octanol–water partition coefficient (Wildman–Crippen LogP) is 5.20. The molecule has 0 saturated carbocycles. The standard InChI is InChI=1S/C22H18ClN5OS2/c1-15-7-12-19(31-15)13-24-25-20(29)14-30-22-27-26-21(16-5-3-2-4-6-16)28(22)18-10-8-17(23)9-11-18/h2-13H,14H2,1H3,(H,25,29)/b24-13-. The third kappa shape index (κ3) is 5.41. The van der Waals surface area contributed by atoms with Crippen LogP contribution in [0.15, 0.2) is 77.0 Å². The van der Waals surface area contributed by atoms with Crippen molar-refractivity contribution < 1.29 is 4.79 Å². The molecule has 2 aromatic carbocycles. The Hall–Kier alpha value is -2.94. The molecule has 2 heterocycles. The second-order valence-electron chi connectivity index (χ2n) is 6.51. The van der Waals surface area contributed by atoms with Gasteiger partial charge in [-0.15, -0.1) is 21.5 Å². The summed E-state index contributed by atoms with van der Waals surface area (Å²) in [7, 11) is 0. The van der Waals surface area contributed by atoms with E-state index in [4.69, 9.17) is 11.6 Å². The van der Waals surface area contributed by atoms with E-state index in [0.29, 0.717) is 16.0 Å². The zero-order valence-electron chi connectivity index (χ0n) is 16.5. The van der Waals surface area contributed by atoms with Gasteiger partial charge < -0.3 is 0 Å². The fourth-order valence-electron chi connectivity index (χ4n) is 2.81. The number of halogens is 1. The monoisotopic (exact) mass is 467 g/mol. The van der Waals surface area contributed by atoms with Crippen LogP contribution in [0.5, 0.6) is 0 Å². The molecule has 0 bridgehead atoms. The van der Waals surface area contributed by atoms with Crippen LogP contribution < -0.4 is 5.43 Å². The Balaban J connectivity index is 1.51. The Labute approximate surface area is 193 Å². The van der Waals surface area contributed by atoms with Gasteiger partial charge in [0.25, 0.3) is 5.91 Å². The fourth-order valence-corrected chi connectivity index (χ4v) is 4.43. The number of aromatic nitrogens is 3. The number of aryl methyl sites for hydroxylation is 1. The summed E-state index contributed by atoms with van der Waals surface area (Å²) in [5.74, 6) is 0.625. The molecular formula is C22H18ClN5OS2. The van der Waals surface area contributed by atoms with Gasteiger partial charge in [-0.25, -0.2) is 5.43 Å². The van der Waals surface area contributed by atoms with Crippen molar-refractivity contribution in [2.45, 2.75) is 12.1 Å². The van der Waals surface area contributed by atoms with Crippen molar-refractivity contribution in [1.82, 2.24) is 20.2 Å². The van der Waals surface area contributed by atoms with Gasteiger partial charge in [0.1, 0.15) is 0 Å². The highest BCUT2D eigenvalue weighted by Crippen LogP contribution is 2.28. The van der Waals surface area contributed by atoms with Crippen molar-refractivity contribution in [1.29, 1.82) is 0 Å². The Bertz CT molecular complexity index is 1200. The number of rotatable bonds is 7. The van der Waals surface area contributed by atoms with Crippen LogP contribution in [0, 0.1) is 6.92 Å². The van der Waals surface area contributed by atoms with E-state index < -0.39 is 0 Å². The first-order valence-corrected chi connectivity index (χ1v) is 11.6. The molecular weight excluding hydrogens is 450 g/mol. The lowest BCUT2D eigenvalue weighted by Gasteiger charge is -2.10. The first-order valence-electron chi connectivity index (χ1n) is 9.38. The van der Waals surface area contributed by atoms with E-state index in [2.05, 4.69) is 20.7 Å². The van der Waals surface area contributed by atoms with Crippen LogP contribution in [-0.4, -0.2) is 32.6 Å². The minimum absolute atomic E-state index is 0.154. The summed E-state index contributed by atoms with van der Waals surface area (Å²) in [5, 5.41) is 14.0. The van der Waals surface area contributed by atoms with E-state index in [9.17, 15) is 4.79 Å². The summed E-state index contributed by atoms with van der Waals surface area (Å²) in [6, 6.07) is 21.2. The molecule has 0 aliphatic rings. The van der Waals surface area contributed by atoms with Gasteiger partial charge in [-0.1, -0.05) is 53.7 Å². The first-order chi connectivity index (χ1) is 15.1. The van der Waals surface area contributed by atoms with Crippen molar-refractivity contribution in [2.75, 3.05) is 5.75 Å². The minimum atomic E-state index is -0.221. The molecule has 0 unspecified atom stereocenters. The SMILES string of the molecule is Cc1ccc(/C=N\NC(=O)CSc2nnc(-c3ccccc3)n2-c2ccc(Cl)cc2)s1. The van der Waals surface area contributed by atoms with Crippen LogP contribution in [0.1, 0.15) is 9.75 Å². The van der Waals surface area contributed by atoms with Crippen LogP contribution in [0.2, 0.25) is 5.02 Å².